The molecule has 0 aliphatic carbocycles. The molecule has 1 aromatic carbocycles. The van der Waals surface area contributed by atoms with E-state index in [4.69, 9.17) is 0 Å². The molecule has 2 N–H and O–H groups in total. The Kier molecular flexibility index (Phi) is 3.53. The molecule has 0 atom stereocenters. The van der Waals surface area contributed by atoms with Crippen LogP contribution in [-0.4, -0.2) is 23.1 Å². The average Bonchev–Trinajstić information content (AvgIpc) is 1.99. The van der Waals surface area contributed by atoms with E-state index in [1.165, 1.54) is 24.3 Å². The lowest BCUT2D eigenvalue weighted by molar-refractivity contribution is 0.606. The first-order valence-electron chi connectivity index (χ1n) is 3.86. The Bertz CT molecular complexity index is 514. The summed E-state index contributed by atoms with van der Waals surface area (Å²) in [7, 11) is -6.10. The quantitative estimate of drug-likeness (QED) is 0.656. The molecule has 0 heterocycles. The lowest BCUT2D eigenvalue weighted by Gasteiger charge is -2.05. The number of thiol groups is 1. The SMILES string of the molecule is CS(=O)(=O)Nc1cccc(N[SH](=O)=O)c1. The molecule has 0 bridgehead atoms. The van der Waals surface area contributed by atoms with Gasteiger partial charge in [0, 0.05) is 0 Å². The van der Waals surface area contributed by atoms with Crippen molar-refractivity contribution in [1.82, 2.24) is 0 Å². The van der Waals surface area contributed by atoms with Crippen molar-refractivity contribution in [2.75, 3.05) is 15.7 Å². The van der Waals surface area contributed by atoms with Crippen molar-refractivity contribution in [3.8, 4) is 0 Å². The Balaban J connectivity index is 2.92. The van der Waals surface area contributed by atoms with E-state index in [2.05, 4.69) is 9.44 Å². The number of sulfonamides is 1. The van der Waals surface area contributed by atoms with Gasteiger partial charge in [0.2, 0.25) is 20.9 Å². The molecule has 0 radical (unpaired) electrons. The van der Waals surface area contributed by atoms with Crippen molar-refractivity contribution in [3.63, 3.8) is 0 Å². The van der Waals surface area contributed by atoms with Crippen LogP contribution in [-0.2, 0) is 20.9 Å². The van der Waals surface area contributed by atoms with E-state index in [1.807, 2.05) is 0 Å². The van der Waals surface area contributed by atoms with Gasteiger partial charge >= 0.3 is 0 Å². The van der Waals surface area contributed by atoms with E-state index in [0.717, 1.165) is 6.26 Å². The summed E-state index contributed by atoms with van der Waals surface area (Å²) in [6.07, 6.45) is 1.02. The lowest BCUT2D eigenvalue weighted by atomic mass is 10.3. The van der Waals surface area contributed by atoms with Crippen LogP contribution in [0.2, 0.25) is 0 Å². The van der Waals surface area contributed by atoms with Crippen LogP contribution < -0.4 is 9.44 Å². The van der Waals surface area contributed by atoms with Gasteiger partial charge in [-0.3, -0.25) is 9.44 Å². The second-order valence-electron chi connectivity index (χ2n) is 2.82. The van der Waals surface area contributed by atoms with Gasteiger partial charge in [0.05, 0.1) is 17.6 Å². The summed E-state index contributed by atoms with van der Waals surface area (Å²) in [6.45, 7) is 0. The van der Waals surface area contributed by atoms with Gasteiger partial charge < -0.3 is 0 Å². The topological polar surface area (TPSA) is 92.3 Å². The molecule has 84 valence electrons. The highest BCUT2D eigenvalue weighted by atomic mass is 32.2. The molecule has 0 spiro atoms. The lowest BCUT2D eigenvalue weighted by Crippen LogP contribution is -2.09. The Morgan fingerprint density at radius 2 is 1.80 bits per heavy atom. The first kappa shape index (κ1) is 11.8. The maximum atomic E-state index is 10.9. The Labute approximate surface area is 89.4 Å². The zero-order chi connectivity index (χ0) is 11.5. The van der Waals surface area contributed by atoms with E-state index < -0.39 is 20.9 Å². The third-order valence-electron chi connectivity index (χ3n) is 1.39. The standard InChI is InChI=1S/C7H10N2O4S2/c1-15(12,13)9-7-4-2-3-6(5-7)8-14(10)11/h2-5,9,14H,1H3,(H,8,10,11). The molecule has 0 aromatic heterocycles. The molecule has 0 fully saturated rings. The summed E-state index contributed by atoms with van der Waals surface area (Å²) in [5, 5.41) is 0. The molecule has 6 nitrogen and oxygen atoms in total. The zero-order valence-corrected chi connectivity index (χ0v) is 9.51. The molecule has 0 saturated heterocycles. The number of anilines is 2. The van der Waals surface area contributed by atoms with Crippen molar-refractivity contribution < 1.29 is 16.8 Å². The van der Waals surface area contributed by atoms with Gasteiger partial charge in [0.25, 0.3) is 0 Å². The second-order valence-corrected chi connectivity index (χ2v) is 5.31. The fraction of sp³-hybridized carbons (Fsp3) is 0.143. The fourth-order valence-corrected chi connectivity index (χ4v) is 1.88. The van der Waals surface area contributed by atoms with Crippen LogP contribution in [0.4, 0.5) is 11.4 Å². The summed E-state index contributed by atoms with van der Waals surface area (Å²) in [5.74, 6) is 0. The highest BCUT2D eigenvalue weighted by Gasteiger charge is 2.02. The van der Waals surface area contributed by atoms with Crippen molar-refractivity contribution in [2.45, 2.75) is 0 Å². The van der Waals surface area contributed by atoms with Crippen molar-refractivity contribution in [2.24, 2.45) is 0 Å². The molecule has 8 heteroatoms. The first-order chi connectivity index (χ1) is 6.87. The highest BCUT2D eigenvalue weighted by molar-refractivity contribution is 7.92. The van der Waals surface area contributed by atoms with Gasteiger partial charge in [-0.25, -0.2) is 16.8 Å². The van der Waals surface area contributed by atoms with E-state index >= 15 is 0 Å². The second kappa shape index (κ2) is 4.49. The summed E-state index contributed by atoms with van der Waals surface area (Å²) >= 11 is 0. The van der Waals surface area contributed by atoms with Crippen LogP contribution in [0, 0.1) is 0 Å². The van der Waals surface area contributed by atoms with Crippen molar-refractivity contribution in [3.05, 3.63) is 24.3 Å². The number of benzene rings is 1. The van der Waals surface area contributed by atoms with Crippen LogP contribution in [0.5, 0.6) is 0 Å². The Morgan fingerprint density at radius 1 is 1.20 bits per heavy atom. The smallest absolute Gasteiger partial charge is 0.229 e. The van der Waals surface area contributed by atoms with Gasteiger partial charge in [0.15, 0.2) is 0 Å². The van der Waals surface area contributed by atoms with E-state index in [9.17, 15) is 16.8 Å². The zero-order valence-electron chi connectivity index (χ0n) is 7.80. The Hall–Kier alpha value is -1.28. The molecular weight excluding hydrogens is 240 g/mol. The number of hydrogen-bond acceptors (Lipinski definition) is 4. The average molecular weight is 250 g/mol. The summed E-state index contributed by atoms with van der Waals surface area (Å²) < 4.78 is 46.9. The predicted molar refractivity (Wildman–Crippen MR) is 58.8 cm³/mol. The van der Waals surface area contributed by atoms with Gasteiger partial charge in [-0.1, -0.05) is 6.07 Å². The largest absolute Gasteiger partial charge is 0.286 e. The minimum Gasteiger partial charge on any atom is -0.286 e. The van der Waals surface area contributed by atoms with Crippen LogP contribution in [0.3, 0.4) is 0 Å². The summed E-state index contributed by atoms with van der Waals surface area (Å²) in [4.78, 5) is 0. The fourth-order valence-electron chi connectivity index (χ4n) is 0.972. The monoisotopic (exact) mass is 250 g/mol. The van der Waals surface area contributed by atoms with Crippen molar-refractivity contribution >= 4 is 32.3 Å². The van der Waals surface area contributed by atoms with E-state index in [1.54, 1.807) is 0 Å². The Morgan fingerprint density at radius 3 is 2.33 bits per heavy atom. The van der Waals surface area contributed by atoms with E-state index in [-0.39, 0.29) is 0 Å². The molecule has 0 saturated carbocycles. The first-order valence-corrected chi connectivity index (χ1v) is 6.92. The van der Waals surface area contributed by atoms with E-state index in [0.29, 0.717) is 11.4 Å². The number of nitrogens with one attached hydrogen (secondary N) is 2. The molecule has 1 aromatic rings. The molecular formula is C7H10N2O4S2. The summed E-state index contributed by atoms with van der Waals surface area (Å²) in [6, 6.07) is 5.95. The maximum absolute atomic E-state index is 10.9. The van der Waals surface area contributed by atoms with Crippen LogP contribution >= 0.6 is 0 Å². The molecule has 0 aliphatic rings. The normalized spacial score (nSPS) is 11.3. The minimum absolute atomic E-state index is 0.305. The molecule has 0 amide bonds. The third-order valence-corrected chi connectivity index (χ3v) is 2.43. The van der Waals surface area contributed by atoms with Gasteiger partial charge in [-0.15, -0.1) is 0 Å². The van der Waals surface area contributed by atoms with Gasteiger partial charge in [-0.05, 0) is 18.2 Å². The predicted octanol–water partition coefficient (Wildman–Crippen LogP) is -0.00360. The summed E-state index contributed by atoms with van der Waals surface area (Å²) in [5.41, 5.74) is 0.610. The molecule has 0 unspecified atom stereocenters. The van der Waals surface area contributed by atoms with Gasteiger partial charge in [0.1, 0.15) is 0 Å². The number of hydrogen-bond donors (Lipinski definition) is 3. The maximum Gasteiger partial charge on any atom is 0.229 e. The highest BCUT2D eigenvalue weighted by Crippen LogP contribution is 2.15. The van der Waals surface area contributed by atoms with Crippen LogP contribution in [0.25, 0.3) is 0 Å². The van der Waals surface area contributed by atoms with Crippen LogP contribution in [0.1, 0.15) is 0 Å². The molecule has 15 heavy (non-hydrogen) atoms. The minimum atomic E-state index is -3.35. The van der Waals surface area contributed by atoms with Gasteiger partial charge in [-0.2, -0.15) is 0 Å². The third kappa shape index (κ3) is 4.66. The molecule has 1 rings (SSSR count). The molecule has 0 aliphatic heterocycles. The number of rotatable bonds is 4. The van der Waals surface area contributed by atoms with Crippen molar-refractivity contribution in [1.29, 1.82) is 0 Å². The van der Waals surface area contributed by atoms with Crippen LogP contribution in [0.15, 0.2) is 24.3 Å².